The van der Waals surface area contributed by atoms with E-state index in [2.05, 4.69) is 104 Å². The quantitative estimate of drug-likeness (QED) is 0.179. The molecule has 1 N–H and O–H groups in total. The van der Waals surface area contributed by atoms with E-state index in [9.17, 15) is 9.90 Å². The Balaban J connectivity index is 0.00000242. The van der Waals surface area contributed by atoms with Crippen LogP contribution in [0.3, 0.4) is 0 Å². The van der Waals surface area contributed by atoms with Crippen LogP contribution in [0.25, 0.3) is 0 Å². The minimum absolute atomic E-state index is 0. The number of nitrogens with zero attached hydrogens (tertiary/aromatic N) is 2. The number of piperidine rings is 3. The molecule has 1 unspecified atom stereocenters. The summed E-state index contributed by atoms with van der Waals surface area (Å²) in [5, 5.41) is 10.5. The molecule has 0 aromatic heterocycles. The molecule has 5 atom stereocenters. The molecule has 3 heterocycles. The molecule has 3 saturated heterocycles. The Labute approximate surface area is 268 Å². The number of rotatable bonds is 11. The Morgan fingerprint density at radius 3 is 2.14 bits per heavy atom. The topological polar surface area (TPSA) is 49.8 Å². The molecule has 228 valence electrons. The van der Waals surface area contributed by atoms with Crippen molar-refractivity contribution in [3.05, 3.63) is 95.6 Å². The van der Waals surface area contributed by atoms with E-state index in [1.165, 1.54) is 16.0 Å². The van der Waals surface area contributed by atoms with Crippen molar-refractivity contribution in [2.75, 3.05) is 39.5 Å². The number of carboxylic acids is 1. The number of thioether (sulfide) groups is 1. The maximum atomic E-state index is 12.8. The minimum atomic E-state index is -0.641. The zero-order chi connectivity index (χ0) is 28.3. The number of hydrogen-bond donors (Lipinski definition) is 1. The maximum Gasteiger partial charge on any atom is 0.312 e. The summed E-state index contributed by atoms with van der Waals surface area (Å²) in [5.41, 5.74) is 3.79. The van der Waals surface area contributed by atoms with Crippen LogP contribution in [-0.2, 0) is 11.3 Å². The summed E-state index contributed by atoms with van der Waals surface area (Å²) in [6.07, 6.45) is 3.05. The Bertz CT molecular complexity index is 1260. The van der Waals surface area contributed by atoms with E-state index in [4.69, 9.17) is 4.74 Å². The third-order valence-corrected chi connectivity index (χ3v) is 10.4. The first-order valence-electron chi connectivity index (χ1n) is 14.6. The van der Waals surface area contributed by atoms with E-state index >= 15 is 0 Å². The molecule has 3 aromatic carbocycles. The molecule has 0 spiro atoms. The second-order valence-electron chi connectivity index (χ2n) is 11.4. The van der Waals surface area contributed by atoms with Gasteiger partial charge in [0.25, 0.3) is 0 Å². The molecule has 0 amide bonds. The molecule has 2 bridgehead atoms. The van der Waals surface area contributed by atoms with Gasteiger partial charge in [-0.1, -0.05) is 67.6 Å². The standard InChI is InChI=1S/C34H42N2O3S.2ClH/c1-5-35(22-26-21-27(40-4)17-18-30(26)39-3)32-28-19-20-36(6-2,23-29(28)34(37)38)33(32)31(24-13-9-7-10-14-24)25-15-11-8-12-16-25;;/h7-18,21,28-29,31-33H,5-6,19-20,22-23H2,1-4H3;2*1H/p+1/t28-,29-,32-,33-,36?;;/m0../s1. The Kier molecular flexibility index (Phi) is 12.2. The molecule has 3 aromatic rings. The summed E-state index contributed by atoms with van der Waals surface area (Å²) in [7, 11) is 1.74. The van der Waals surface area contributed by atoms with Gasteiger partial charge in [0.1, 0.15) is 17.7 Å². The molecule has 0 saturated carbocycles. The molecule has 8 heteroatoms. The third-order valence-electron chi connectivity index (χ3n) is 9.70. The number of methoxy groups -OCH3 is 1. The monoisotopic (exact) mass is 631 g/mol. The Morgan fingerprint density at radius 2 is 1.64 bits per heavy atom. The predicted molar refractivity (Wildman–Crippen MR) is 177 cm³/mol. The van der Waals surface area contributed by atoms with Crippen molar-refractivity contribution in [2.45, 2.75) is 49.7 Å². The fraction of sp³-hybridized carbons (Fsp3) is 0.441. The number of halogens is 2. The van der Waals surface area contributed by atoms with Gasteiger partial charge in [0, 0.05) is 29.3 Å². The van der Waals surface area contributed by atoms with Gasteiger partial charge in [-0.05, 0) is 49.1 Å². The predicted octanol–water partition coefficient (Wildman–Crippen LogP) is 7.22. The lowest BCUT2D eigenvalue weighted by molar-refractivity contribution is -0.971. The number of aliphatic carboxylic acids is 1. The number of benzene rings is 3. The van der Waals surface area contributed by atoms with Crippen molar-refractivity contribution in [2.24, 2.45) is 11.8 Å². The molecule has 42 heavy (non-hydrogen) atoms. The van der Waals surface area contributed by atoms with Gasteiger partial charge in [0.2, 0.25) is 0 Å². The van der Waals surface area contributed by atoms with E-state index in [1.807, 2.05) is 0 Å². The number of carbonyl (C=O) groups is 1. The van der Waals surface area contributed by atoms with E-state index in [-0.39, 0.29) is 54.7 Å². The highest BCUT2D eigenvalue weighted by Gasteiger charge is 2.62. The van der Waals surface area contributed by atoms with E-state index in [1.54, 1.807) is 18.9 Å². The number of quaternary nitrogens is 1. The zero-order valence-corrected chi connectivity index (χ0v) is 27.5. The van der Waals surface area contributed by atoms with Crippen molar-refractivity contribution >= 4 is 42.5 Å². The number of ether oxygens (including phenoxy) is 1. The zero-order valence-electron chi connectivity index (χ0n) is 25.0. The number of fused-ring (bicyclic) bond motifs is 3. The van der Waals surface area contributed by atoms with E-state index < -0.39 is 5.97 Å². The number of likely N-dealkylation sites (N-methyl/N-ethyl adjacent to an activating group) is 2. The van der Waals surface area contributed by atoms with Gasteiger partial charge in [0.05, 0.1) is 38.7 Å². The molecular formula is C34H45Cl2N2O3S+. The second-order valence-corrected chi connectivity index (χ2v) is 12.2. The molecule has 6 rings (SSSR count). The van der Waals surface area contributed by atoms with Crippen molar-refractivity contribution in [3.8, 4) is 5.75 Å². The maximum absolute atomic E-state index is 12.8. The third kappa shape index (κ3) is 6.48. The van der Waals surface area contributed by atoms with Crippen LogP contribution in [0.15, 0.2) is 83.8 Å². The van der Waals surface area contributed by atoms with Crippen LogP contribution in [-0.4, -0.2) is 72.1 Å². The van der Waals surface area contributed by atoms with Gasteiger partial charge >= 0.3 is 5.97 Å². The summed E-state index contributed by atoms with van der Waals surface area (Å²) >= 11 is 1.74. The largest absolute Gasteiger partial charge is 0.496 e. The van der Waals surface area contributed by atoms with Crippen molar-refractivity contribution in [3.63, 3.8) is 0 Å². The first kappa shape index (κ1) is 34.3. The van der Waals surface area contributed by atoms with Crippen LogP contribution in [0.4, 0.5) is 0 Å². The van der Waals surface area contributed by atoms with Crippen LogP contribution in [0.5, 0.6) is 5.75 Å². The molecule has 0 radical (unpaired) electrons. The molecule has 5 nitrogen and oxygen atoms in total. The summed E-state index contributed by atoms with van der Waals surface area (Å²) in [6, 6.07) is 28.6. The van der Waals surface area contributed by atoms with E-state index in [0.29, 0.717) is 6.54 Å². The number of carboxylic acid groups (broad SMARTS) is 1. The highest BCUT2D eigenvalue weighted by molar-refractivity contribution is 7.98. The molecule has 0 aliphatic carbocycles. The summed E-state index contributed by atoms with van der Waals surface area (Å²) in [5.74, 6) is 0.177. The van der Waals surface area contributed by atoms with Gasteiger partial charge in [-0.25, -0.2) is 0 Å². The van der Waals surface area contributed by atoms with Crippen molar-refractivity contribution in [1.82, 2.24) is 4.90 Å². The Hall–Kier alpha value is -2.22. The van der Waals surface area contributed by atoms with Crippen LogP contribution < -0.4 is 4.74 Å². The SMILES string of the molecule is CCN(Cc1cc(SC)ccc1OC)[C@H]1[C@H]2CC[N+](CC)(C[C@@H]2C(=O)O)[C@H]1C(c1ccccc1)c1ccccc1.Cl.Cl. The molecule has 3 aliphatic heterocycles. The summed E-state index contributed by atoms with van der Waals surface area (Å²) in [4.78, 5) is 16.6. The Morgan fingerprint density at radius 1 is 1.02 bits per heavy atom. The van der Waals surface area contributed by atoms with Crippen LogP contribution >= 0.6 is 36.6 Å². The summed E-state index contributed by atoms with van der Waals surface area (Å²) < 4.78 is 6.66. The number of hydrogen-bond acceptors (Lipinski definition) is 4. The highest BCUT2D eigenvalue weighted by atomic mass is 35.5. The minimum Gasteiger partial charge on any atom is -0.496 e. The molecule has 3 aliphatic rings. The van der Waals surface area contributed by atoms with E-state index in [0.717, 1.165) is 48.4 Å². The molecular weight excluding hydrogens is 587 g/mol. The fourth-order valence-electron chi connectivity index (χ4n) is 7.80. The van der Waals surface area contributed by atoms with Crippen LogP contribution in [0.1, 0.15) is 42.9 Å². The lowest BCUT2D eigenvalue weighted by atomic mass is 9.64. The lowest BCUT2D eigenvalue weighted by Crippen LogP contribution is -2.77. The normalized spacial score (nSPS) is 24.6. The average molecular weight is 633 g/mol. The van der Waals surface area contributed by atoms with Gasteiger partial charge in [-0.15, -0.1) is 36.6 Å². The van der Waals surface area contributed by atoms with Crippen LogP contribution in [0, 0.1) is 11.8 Å². The van der Waals surface area contributed by atoms with Crippen molar-refractivity contribution < 1.29 is 19.1 Å². The van der Waals surface area contributed by atoms with Gasteiger partial charge in [0.15, 0.2) is 0 Å². The van der Waals surface area contributed by atoms with Crippen molar-refractivity contribution in [1.29, 1.82) is 0 Å². The first-order chi connectivity index (χ1) is 19.5. The summed E-state index contributed by atoms with van der Waals surface area (Å²) in [6.45, 7) is 8.74. The second kappa shape index (κ2) is 15.0. The molecule has 3 fully saturated rings. The fourth-order valence-corrected chi connectivity index (χ4v) is 8.27. The smallest absolute Gasteiger partial charge is 0.312 e. The lowest BCUT2D eigenvalue weighted by Gasteiger charge is -2.63. The van der Waals surface area contributed by atoms with Gasteiger partial charge in [-0.2, -0.15) is 0 Å². The first-order valence-corrected chi connectivity index (χ1v) is 15.8. The average Bonchev–Trinajstić information content (AvgIpc) is 3.01. The van der Waals surface area contributed by atoms with Crippen LogP contribution in [0.2, 0.25) is 0 Å². The van der Waals surface area contributed by atoms with Gasteiger partial charge < -0.3 is 14.3 Å². The highest BCUT2D eigenvalue weighted by Crippen LogP contribution is 2.50. The van der Waals surface area contributed by atoms with Gasteiger partial charge in [-0.3, -0.25) is 9.69 Å².